The molecule has 1 aliphatic heterocycles. The van der Waals surface area contributed by atoms with Crippen molar-refractivity contribution in [2.45, 2.75) is 81.8 Å². The number of aliphatic hydroxyl groups excluding tert-OH is 1. The highest BCUT2D eigenvalue weighted by Crippen LogP contribution is 2.57. The monoisotopic (exact) mass is 548 g/mol. The fourth-order valence-corrected chi connectivity index (χ4v) is 7.13. The lowest BCUT2D eigenvalue weighted by Crippen LogP contribution is -2.39. The third-order valence-corrected chi connectivity index (χ3v) is 9.14. The second-order valence-electron chi connectivity index (χ2n) is 10.5. The van der Waals surface area contributed by atoms with E-state index in [0.717, 1.165) is 48.6 Å². The third kappa shape index (κ3) is 6.08. The maximum atomic E-state index is 13.7. The van der Waals surface area contributed by atoms with Crippen molar-refractivity contribution >= 4 is 21.9 Å². The van der Waals surface area contributed by atoms with Gasteiger partial charge >= 0.3 is 5.97 Å². The van der Waals surface area contributed by atoms with Gasteiger partial charge in [0, 0.05) is 22.2 Å². The normalized spacial score (nSPS) is 30.2. The molecule has 0 unspecified atom stereocenters. The Balaban J connectivity index is 1.52. The van der Waals surface area contributed by atoms with Crippen LogP contribution in [-0.4, -0.2) is 37.0 Å². The van der Waals surface area contributed by atoms with Gasteiger partial charge in [0.1, 0.15) is 5.82 Å². The highest BCUT2D eigenvalue weighted by atomic mass is 79.9. The van der Waals surface area contributed by atoms with Crippen molar-refractivity contribution in [3.8, 4) is 0 Å². The lowest BCUT2D eigenvalue weighted by atomic mass is 9.69. The average molecular weight is 550 g/mol. The molecular weight excluding hydrogens is 511 g/mol. The summed E-state index contributed by atoms with van der Waals surface area (Å²) in [6.07, 6.45) is 15.8. The summed E-state index contributed by atoms with van der Waals surface area (Å²) in [7, 11) is 1.42. The van der Waals surface area contributed by atoms with Crippen LogP contribution in [-0.2, 0) is 19.7 Å². The second kappa shape index (κ2) is 12.2. The maximum Gasteiger partial charge on any atom is 0.305 e. The third-order valence-electron chi connectivity index (χ3n) is 8.41. The molecule has 1 heterocycles. The molecule has 0 amide bonds. The van der Waals surface area contributed by atoms with E-state index >= 15 is 0 Å². The van der Waals surface area contributed by atoms with Gasteiger partial charge < -0.3 is 14.6 Å². The van der Waals surface area contributed by atoms with Gasteiger partial charge in [-0.15, -0.1) is 0 Å². The summed E-state index contributed by atoms with van der Waals surface area (Å²) < 4.78 is 25.6. The van der Waals surface area contributed by atoms with Crippen LogP contribution in [0.3, 0.4) is 0 Å². The molecule has 0 aromatic heterocycles. The van der Waals surface area contributed by atoms with Crippen LogP contribution in [0.2, 0.25) is 0 Å². The Morgan fingerprint density at radius 3 is 2.71 bits per heavy atom. The molecule has 0 spiro atoms. The van der Waals surface area contributed by atoms with Crippen molar-refractivity contribution in [2.24, 2.45) is 17.8 Å². The lowest BCUT2D eigenvalue weighted by Gasteiger charge is -2.38. The SMILES string of the molecule is COC(=O)CCC/C=C\C[C@H]1[C@H](/C=C(/Br)[C@H](O)C2CCCCC2)[C@@H]2C[C@@]1(c1ccc(F)cc1)CO2. The van der Waals surface area contributed by atoms with Crippen LogP contribution in [0.15, 0.2) is 47.0 Å². The molecular formula is C29H38BrFO4. The van der Waals surface area contributed by atoms with Crippen molar-refractivity contribution in [2.75, 3.05) is 13.7 Å². The molecule has 3 fully saturated rings. The van der Waals surface area contributed by atoms with Gasteiger partial charge in [-0.25, -0.2) is 4.39 Å². The van der Waals surface area contributed by atoms with Crippen LogP contribution in [0.1, 0.15) is 69.8 Å². The van der Waals surface area contributed by atoms with Gasteiger partial charge in [-0.2, -0.15) is 0 Å². The number of rotatable bonds is 10. The Labute approximate surface area is 217 Å². The van der Waals surface area contributed by atoms with Crippen LogP contribution in [0.5, 0.6) is 0 Å². The summed E-state index contributed by atoms with van der Waals surface area (Å²) in [5, 5.41) is 11.1. The van der Waals surface area contributed by atoms with Crippen LogP contribution < -0.4 is 0 Å². The largest absolute Gasteiger partial charge is 0.469 e. The van der Waals surface area contributed by atoms with Crippen molar-refractivity contribution in [3.63, 3.8) is 0 Å². The fourth-order valence-electron chi connectivity index (χ4n) is 6.45. The van der Waals surface area contributed by atoms with Crippen molar-refractivity contribution in [3.05, 3.63) is 58.4 Å². The molecule has 4 nitrogen and oxygen atoms in total. The molecule has 3 aliphatic rings. The average Bonchev–Trinajstić information content (AvgIpc) is 3.44. The van der Waals surface area contributed by atoms with Gasteiger partial charge in [-0.05, 0) is 68.1 Å². The number of esters is 1. The standard InChI is InChI=1S/C29H38BrFO4/c1-34-27(32)12-8-3-2-7-11-24-23(17-25(30)28(33)20-9-5-4-6-10-20)26-18-29(24,19-35-26)21-13-15-22(31)16-14-21/h2,7,13-17,20,23-24,26,28,33H,3-6,8-12,18-19H2,1H3/b7-2-,25-17+/t23-,24-,26-,28+,29-/m0/s1. The summed E-state index contributed by atoms with van der Waals surface area (Å²) in [6, 6.07) is 6.91. The van der Waals surface area contributed by atoms with E-state index in [-0.39, 0.29) is 35.1 Å². The predicted octanol–water partition coefficient (Wildman–Crippen LogP) is 6.61. The van der Waals surface area contributed by atoms with Gasteiger partial charge in [0.05, 0.1) is 25.9 Å². The number of hydrogen-bond acceptors (Lipinski definition) is 4. The van der Waals surface area contributed by atoms with Crippen molar-refractivity contribution in [1.82, 2.24) is 0 Å². The van der Waals surface area contributed by atoms with Crippen LogP contribution in [0.25, 0.3) is 0 Å². The number of fused-ring (bicyclic) bond motifs is 2. The molecule has 4 rings (SSSR count). The van der Waals surface area contributed by atoms with E-state index in [9.17, 15) is 14.3 Å². The van der Waals surface area contributed by atoms with E-state index in [1.54, 1.807) is 12.1 Å². The summed E-state index contributed by atoms with van der Waals surface area (Å²) >= 11 is 3.74. The van der Waals surface area contributed by atoms with Gasteiger partial charge in [0.15, 0.2) is 0 Å². The maximum absolute atomic E-state index is 13.7. The van der Waals surface area contributed by atoms with Gasteiger partial charge in [-0.1, -0.05) is 65.6 Å². The van der Waals surface area contributed by atoms with E-state index in [0.29, 0.717) is 18.9 Å². The Hall–Kier alpha value is -1.50. The van der Waals surface area contributed by atoms with E-state index in [1.165, 1.54) is 26.4 Å². The number of carbonyl (C=O) groups is 1. The minimum atomic E-state index is -0.467. The van der Waals surface area contributed by atoms with E-state index in [1.807, 2.05) is 12.1 Å². The number of methoxy groups -OCH3 is 1. The molecule has 1 aromatic carbocycles. The van der Waals surface area contributed by atoms with Crippen molar-refractivity contribution in [1.29, 1.82) is 0 Å². The quantitative estimate of drug-likeness (QED) is 0.203. The van der Waals surface area contributed by atoms with E-state index in [2.05, 4.69) is 34.2 Å². The summed E-state index contributed by atoms with van der Waals surface area (Å²) in [6.45, 7) is 0.636. The minimum absolute atomic E-state index is 0.0869. The van der Waals surface area contributed by atoms with Crippen LogP contribution >= 0.6 is 15.9 Å². The molecule has 0 radical (unpaired) electrons. The number of unbranched alkanes of at least 4 members (excludes halogenated alkanes) is 1. The van der Waals surface area contributed by atoms with Crippen LogP contribution in [0.4, 0.5) is 4.39 Å². The molecule has 35 heavy (non-hydrogen) atoms. The lowest BCUT2D eigenvalue weighted by molar-refractivity contribution is -0.140. The second-order valence-corrected chi connectivity index (χ2v) is 11.4. The first-order chi connectivity index (χ1) is 16.9. The predicted molar refractivity (Wildman–Crippen MR) is 139 cm³/mol. The molecule has 1 saturated heterocycles. The zero-order chi connectivity index (χ0) is 24.8. The number of benzene rings is 1. The summed E-state index contributed by atoms with van der Waals surface area (Å²) in [5.41, 5.74) is 0.962. The number of halogens is 2. The Morgan fingerprint density at radius 1 is 1.26 bits per heavy atom. The number of ether oxygens (including phenoxy) is 2. The van der Waals surface area contributed by atoms with Gasteiger partial charge in [0.2, 0.25) is 0 Å². The molecule has 2 aliphatic carbocycles. The molecule has 2 bridgehead atoms. The van der Waals surface area contributed by atoms with E-state index in [4.69, 9.17) is 9.47 Å². The topological polar surface area (TPSA) is 55.8 Å². The van der Waals surface area contributed by atoms with Crippen molar-refractivity contribution < 1.29 is 23.8 Å². The Bertz CT molecular complexity index is 908. The molecule has 192 valence electrons. The molecule has 1 aromatic rings. The number of carbonyl (C=O) groups excluding carboxylic acids is 1. The zero-order valence-corrected chi connectivity index (χ0v) is 22.2. The Kier molecular flexibility index (Phi) is 9.23. The number of allylic oxidation sites excluding steroid dienone is 2. The van der Waals surface area contributed by atoms with Gasteiger partial charge in [-0.3, -0.25) is 4.79 Å². The van der Waals surface area contributed by atoms with Crippen LogP contribution in [0, 0.1) is 23.6 Å². The first-order valence-corrected chi connectivity index (χ1v) is 13.9. The molecule has 1 N–H and O–H groups in total. The highest BCUT2D eigenvalue weighted by molar-refractivity contribution is 9.11. The summed E-state index contributed by atoms with van der Waals surface area (Å²) in [4.78, 5) is 11.4. The van der Waals surface area contributed by atoms with E-state index < -0.39 is 6.10 Å². The smallest absolute Gasteiger partial charge is 0.305 e. The fraction of sp³-hybridized carbons (Fsp3) is 0.621. The first-order valence-electron chi connectivity index (χ1n) is 13.1. The highest BCUT2D eigenvalue weighted by Gasteiger charge is 2.58. The molecule has 6 heteroatoms. The Morgan fingerprint density at radius 2 is 2.00 bits per heavy atom. The number of aliphatic hydroxyl groups is 1. The summed E-state index contributed by atoms with van der Waals surface area (Å²) in [5.74, 6) is 0.366. The first kappa shape index (κ1) is 26.6. The zero-order valence-electron chi connectivity index (χ0n) is 20.6. The minimum Gasteiger partial charge on any atom is -0.469 e. The van der Waals surface area contributed by atoms with Gasteiger partial charge in [0.25, 0.3) is 0 Å². The molecule has 2 saturated carbocycles. The number of hydrogen-bond donors (Lipinski definition) is 1. The molecule has 5 atom stereocenters.